The minimum absolute atomic E-state index is 0.0478. The van der Waals surface area contributed by atoms with E-state index in [1.54, 1.807) is 6.20 Å². The van der Waals surface area contributed by atoms with Gasteiger partial charge in [-0.25, -0.2) is 4.79 Å². The molecule has 3 amide bonds. The predicted molar refractivity (Wildman–Crippen MR) is 168 cm³/mol. The van der Waals surface area contributed by atoms with Gasteiger partial charge in [0.05, 0.1) is 17.8 Å². The number of carbonyl (C=O) groups excluding carboxylic acids is 3. The number of unbranched alkanes of at least 4 members (excludes halogenated alkanes) is 1. The lowest BCUT2D eigenvalue weighted by atomic mass is 9.98. The van der Waals surface area contributed by atoms with Crippen molar-refractivity contribution in [3.05, 3.63) is 29.5 Å². The number of hydrogen-bond donors (Lipinski definition) is 4. The maximum absolute atomic E-state index is 13.7. The summed E-state index contributed by atoms with van der Waals surface area (Å²) in [4.78, 5) is 43.5. The number of nitrogens with zero attached hydrogens (tertiary/aromatic N) is 3. The van der Waals surface area contributed by atoms with Gasteiger partial charge in [0, 0.05) is 31.1 Å². The van der Waals surface area contributed by atoms with E-state index in [-0.39, 0.29) is 11.8 Å². The predicted octanol–water partition coefficient (Wildman–Crippen LogP) is 3.40. The summed E-state index contributed by atoms with van der Waals surface area (Å²) in [6, 6.07) is 3.08. The van der Waals surface area contributed by atoms with Crippen LogP contribution >= 0.6 is 0 Å². The van der Waals surface area contributed by atoms with Crippen LogP contribution in [0.4, 0.5) is 4.79 Å². The number of ether oxygens (including phenoxy) is 1. The molecule has 1 aromatic carbocycles. The first-order valence-corrected chi connectivity index (χ1v) is 16.0. The Morgan fingerprint density at radius 1 is 1.09 bits per heavy atom. The number of alkyl carbamates (subject to hydrolysis) is 1. The molecule has 4 rings (SSSR count). The maximum atomic E-state index is 13.7. The number of carbonyl (C=O) groups is 3. The van der Waals surface area contributed by atoms with Gasteiger partial charge >= 0.3 is 6.09 Å². The summed E-state index contributed by atoms with van der Waals surface area (Å²) < 4.78 is 5.30. The van der Waals surface area contributed by atoms with Gasteiger partial charge in [-0.05, 0) is 109 Å². The molecule has 5 N–H and O–H groups in total. The lowest BCUT2D eigenvalue weighted by Gasteiger charge is -2.41. The van der Waals surface area contributed by atoms with E-state index < -0.39 is 23.8 Å². The number of aryl methyl sites for hydroxylation is 1. The number of piperidine rings is 2. The van der Waals surface area contributed by atoms with Crippen molar-refractivity contribution in [3.63, 3.8) is 0 Å². The van der Waals surface area contributed by atoms with Crippen LogP contribution in [0, 0.1) is 6.92 Å². The van der Waals surface area contributed by atoms with Crippen LogP contribution in [0.15, 0.2) is 18.3 Å². The average molecular weight is 598 g/mol. The van der Waals surface area contributed by atoms with E-state index in [1.807, 2.05) is 44.7 Å². The third-order valence-corrected chi connectivity index (χ3v) is 8.48. The number of aromatic nitrogens is 2. The molecule has 2 fully saturated rings. The zero-order valence-electron chi connectivity index (χ0n) is 26.4. The highest BCUT2D eigenvalue weighted by Gasteiger charge is 2.32. The first kappa shape index (κ1) is 32.7. The number of nitrogens with two attached hydrogens (primary N) is 1. The lowest BCUT2D eigenvalue weighted by Crippen LogP contribution is -2.55. The Hall–Kier alpha value is -3.18. The van der Waals surface area contributed by atoms with E-state index in [1.165, 1.54) is 19.3 Å². The van der Waals surface area contributed by atoms with Gasteiger partial charge < -0.3 is 30.9 Å². The second kappa shape index (κ2) is 15.0. The van der Waals surface area contributed by atoms with Crippen molar-refractivity contribution >= 4 is 28.8 Å². The number of rotatable bonds is 11. The highest BCUT2D eigenvalue weighted by atomic mass is 16.6. The molecular formula is C32H51N7O4. The summed E-state index contributed by atoms with van der Waals surface area (Å²) >= 11 is 0. The number of H-pyrrole nitrogens is 1. The molecule has 2 saturated heterocycles. The van der Waals surface area contributed by atoms with Gasteiger partial charge in [-0.2, -0.15) is 5.10 Å². The van der Waals surface area contributed by atoms with Crippen LogP contribution in [0.5, 0.6) is 0 Å². The molecule has 0 aliphatic carbocycles. The van der Waals surface area contributed by atoms with Crippen molar-refractivity contribution in [2.24, 2.45) is 5.73 Å². The number of fused-ring (bicyclic) bond motifs is 1. The first-order valence-electron chi connectivity index (χ1n) is 16.0. The van der Waals surface area contributed by atoms with E-state index in [0.29, 0.717) is 51.4 Å². The standard InChI is InChI=1S/C32H51N7O4/c1-22-18-23(19-24-21-35-37-28(22)24)20-26(33)29(40)36-27(10-6-7-13-34-31(42)43-32(2,3)4)30(41)39-16-11-25(12-17-39)38-14-8-5-9-15-38/h18-19,21,25-27H,5-17,20,33H2,1-4H3,(H,34,42)(H,35,37)(H,36,40)/t26?,27-/m0/s1. The van der Waals surface area contributed by atoms with Gasteiger partial charge in [-0.15, -0.1) is 0 Å². The third kappa shape index (κ3) is 9.66. The van der Waals surface area contributed by atoms with Crippen molar-refractivity contribution in [1.29, 1.82) is 0 Å². The maximum Gasteiger partial charge on any atom is 0.407 e. The Balaban J connectivity index is 1.33. The fraction of sp³-hybridized carbons (Fsp3) is 0.688. The summed E-state index contributed by atoms with van der Waals surface area (Å²) in [5, 5.41) is 13.8. The molecule has 238 valence electrons. The number of nitrogens with one attached hydrogen (secondary N) is 3. The van der Waals surface area contributed by atoms with Crippen LogP contribution in [0.25, 0.3) is 10.9 Å². The number of amides is 3. The molecule has 2 atom stereocenters. The first-order chi connectivity index (χ1) is 20.5. The SMILES string of the molecule is Cc1cc(CC(N)C(=O)N[C@@H](CCCCNC(=O)OC(C)(C)C)C(=O)N2CCC(N3CCCCC3)CC2)cc2cn[nH]c12. The van der Waals surface area contributed by atoms with Crippen molar-refractivity contribution in [2.75, 3.05) is 32.7 Å². The molecule has 0 bridgehead atoms. The average Bonchev–Trinajstić information content (AvgIpc) is 3.45. The van der Waals surface area contributed by atoms with Crippen molar-refractivity contribution in [3.8, 4) is 0 Å². The summed E-state index contributed by atoms with van der Waals surface area (Å²) in [7, 11) is 0. The van der Waals surface area contributed by atoms with E-state index in [9.17, 15) is 14.4 Å². The molecular weight excluding hydrogens is 546 g/mol. The molecule has 1 aromatic heterocycles. The van der Waals surface area contributed by atoms with Crippen LogP contribution in [-0.2, 0) is 20.7 Å². The Labute approximate surface area is 255 Å². The van der Waals surface area contributed by atoms with Gasteiger partial charge in [0.2, 0.25) is 11.8 Å². The van der Waals surface area contributed by atoms with Crippen molar-refractivity contribution < 1.29 is 19.1 Å². The molecule has 2 aliphatic rings. The summed E-state index contributed by atoms with van der Waals surface area (Å²) in [5.74, 6) is -0.383. The topological polar surface area (TPSA) is 146 Å². The molecule has 2 aromatic rings. The zero-order valence-corrected chi connectivity index (χ0v) is 26.4. The summed E-state index contributed by atoms with van der Waals surface area (Å²) in [6.45, 7) is 11.6. The Morgan fingerprint density at radius 2 is 1.81 bits per heavy atom. The van der Waals surface area contributed by atoms with E-state index >= 15 is 0 Å². The number of likely N-dealkylation sites (tertiary alicyclic amines) is 2. The van der Waals surface area contributed by atoms with Crippen LogP contribution in [0.2, 0.25) is 0 Å². The second-order valence-electron chi connectivity index (χ2n) is 13.2. The largest absolute Gasteiger partial charge is 0.444 e. The van der Waals surface area contributed by atoms with Crippen LogP contribution in [0.1, 0.15) is 83.3 Å². The summed E-state index contributed by atoms with van der Waals surface area (Å²) in [5.41, 5.74) is 8.78. The summed E-state index contributed by atoms with van der Waals surface area (Å²) in [6.07, 6.45) is 9.18. The van der Waals surface area contributed by atoms with Crippen molar-refractivity contribution in [1.82, 2.24) is 30.6 Å². The second-order valence-corrected chi connectivity index (χ2v) is 13.2. The highest BCUT2D eigenvalue weighted by molar-refractivity contribution is 5.90. The highest BCUT2D eigenvalue weighted by Crippen LogP contribution is 2.22. The van der Waals surface area contributed by atoms with Gasteiger partial charge in [0.15, 0.2) is 0 Å². The van der Waals surface area contributed by atoms with Gasteiger partial charge in [0.25, 0.3) is 0 Å². The van der Waals surface area contributed by atoms with Gasteiger partial charge in [-0.3, -0.25) is 14.7 Å². The Kier molecular flexibility index (Phi) is 11.4. The molecule has 11 nitrogen and oxygen atoms in total. The van der Waals surface area contributed by atoms with Crippen molar-refractivity contribution in [2.45, 2.75) is 109 Å². The fourth-order valence-corrected chi connectivity index (χ4v) is 6.25. The minimum atomic E-state index is -0.794. The Bertz CT molecular complexity index is 1230. The smallest absolute Gasteiger partial charge is 0.407 e. The molecule has 0 spiro atoms. The molecule has 2 aliphatic heterocycles. The number of aromatic amines is 1. The van der Waals surface area contributed by atoms with Gasteiger partial charge in [0.1, 0.15) is 11.6 Å². The van der Waals surface area contributed by atoms with E-state index in [0.717, 1.165) is 48.0 Å². The zero-order chi connectivity index (χ0) is 31.0. The van der Waals surface area contributed by atoms with Crippen LogP contribution < -0.4 is 16.4 Å². The van der Waals surface area contributed by atoms with Crippen LogP contribution in [-0.4, -0.2) is 94.4 Å². The monoisotopic (exact) mass is 597 g/mol. The minimum Gasteiger partial charge on any atom is -0.444 e. The molecule has 0 radical (unpaired) electrons. The molecule has 0 saturated carbocycles. The third-order valence-electron chi connectivity index (χ3n) is 8.48. The molecule has 11 heteroatoms. The number of hydrogen-bond acceptors (Lipinski definition) is 7. The number of benzene rings is 1. The Morgan fingerprint density at radius 3 is 2.51 bits per heavy atom. The quantitative estimate of drug-likeness (QED) is 0.291. The fourth-order valence-electron chi connectivity index (χ4n) is 6.25. The van der Waals surface area contributed by atoms with E-state index in [4.69, 9.17) is 10.5 Å². The lowest BCUT2D eigenvalue weighted by molar-refractivity contribution is -0.138. The normalized spacial score (nSPS) is 18.3. The molecule has 3 heterocycles. The van der Waals surface area contributed by atoms with Gasteiger partial charge in [-0.1, -0.05) is 12.5 Å². The molecule has 1 unspecified atom stereocenters. The molecule has 43 heavy (non-hydrogen) atoms. The van der Waals surface area contributed by atoms with Crippen LogP contribution in [0.3, 0.4) is 0 Å². The van der Waals surface area contributed by atoms with E-state index in [2.05, 4.69) is 25.7 Å².